The number of rotatable bonds is 60. The molecule has 0 rings (SSSR count). The molecule has 0 aliphatic heterocycles. The number of amides is 1. The minimum atomic E-state index is -4.71. The van der Waals surface area contributed by atoms with Gasteiger partial charge in [0.15, 0.2) is 0 Å². The number of ether oxygens (including phenoxy) is 1. The first-order chi connectivity index (χ1) is 38.9. The van der Waals surface area contributed by atoms with Crippen molar-refractivity contribution in [1.82, 2.24) is 5.32 Å². The Morgan fingerprint density at radius 3 is 1.21 bits per heavy atom. The number of carbonyl (C=O) groups is 2. The van der Waals surface area contributed by atoms with Crippen molar-refractivity contribution in [2.24, 2.45) is 0 Å². The smallest absolute Gasteiger partial charge is 0.306 e. The zero-order chi connectivity index (χ0) is 58.6. The fraction of sp³-hybridized carbons (Fsp3) is 0.771. The summed E-state index contributed by atoms with van der Waals surface area (Å²) in [5.41, 5.74) is 0. The molecule has 0 aliphatic carbocycles. The van der Waals surface area contributed by atoms with Gasteiger partial charge in [-0.15, -0.1) is 0 Å². The van der Waals surface area contributed by atoms with Gasteiger partial charge in [-0.25, -0.2) is 0 Å². The van der Waals surface area contributed by atoms with E-state index in [0.29, 0.717) is 17.4 Å². The molecule has 0 fully saturated rings. The highest BCUT2D eigenvalue weighted by molar-refractivity contribution is 7.45. The summed E-state index contributed by atoms with van der Waals surface area (Å²) in [7, 11) is 1.17. The lowest BCUT2D eigenvalue weighted by Crippen LogP contribution is -2.47. The van der Waals surface area contributed by atoms with Crippen LogP contribution in [0.5, 0.6) is 0 Å². The Bertz CT molecular complexity index is 1640. The Kier molecular flexibility index (Phi) is 57.3. The van der Waals surface area contributed by atoms with E-state index < -0.39 is 26.6 Å². The van der Waals surface area contributed by atoms with Crippen molar-refractivity contribution < 1.29 is 37.3 Å². The van der Waals surface area contributed by atoms with E-state index in [9.17, 15) is 19.0 Å². The van der Waals surface area contributed by atoms with Gasteiger partial charge in [0.2, 0.25) is 5.91 Å². The summed E-state index contributed by atoms with van der Waals surface area (Å²) >= 11 is 0. The van der Waals surface area contributed by atoms with Crippen LogP contribution in [0.4, 0.5) is 0 Å². The summed E-state index contributed by atoms with van der Waals surface area (Å²) in [4.78, 5) is 40.1. The summed E-state index contributed by atoms with van der Waals surface area (Å²) in [6, 6.07) is -0.899. The van der Waals surface area contributed by atoms with Gasteiger partial charge in [0.05, 0.1) is 33.8 Å². The van der Waals surface area contributed by atoms with Gasteiger partial charge in [0.25, 0.3) is 7.82 Å². The van der Waals surface area contributed by atoms with E-state index in [1.165, 1.54) is 141 Å². The number of hydrogen-bond donors (Lipinski definition) is 1. The predicted molar refractivity (Wildman–Crippen MR) is 344 cm³/mol. The maximum absolute atomic E-state index is 13.6. The van der Waals surface area contributed by atoms with Crippen molar-refractivity contribution in [2.45, 2.75) is 309 Å². The lowest BCUT2D eigenvalue weighted by atomic mass is 10.0. The first-order valence-corrected chi connectivity index (χ1v) is 34.9. The molecule has 0 bridgehead atoms. The van der Waals surface area contributed by atoms with Crippen molar-refractivity contribution in [3.05, 3.63) is 85.1 Å². The molecule has 1 amide bonds. The van der Waals surface area contributed by atoms with Gasteiger partial charge in [-0.05, 0) is 102 Å². The van der Waals surface area contributed by atoms with E-state index in [0.717, 1.165) is 122 Å². The number of nitrogens with zero attached hydrogens (tertiary/aromatic N) is 1. The van der Waals surface area contributed by atoms with Crippen molar-refractivity contribution >= 4 is 19.7 Å². The monoisotopic (exact) mass is 1140 g/mol. The highest BCUT2D eigenvalue weighted by atomic mass is 31.2. The summed E-state index contributed by atoms with van der Waals surface area (Å²) in [6.07, 6.45) is 78.3. The molecular formula is C70H127N2O7P. The molecule has 0 aromatic heterocycles. The first-order valence-electron chi connectivity index (χ1n) is 33.4. The van der Waals surface area contributed by atoms with Gasteiger partial charge >= 0.3 is 5.97 Å². The number of esters is 1. The Morgan fingerprint density at radius 1 is 0.450 bits per heavy atom. The highest BCUT2D eigenvalue weighted by Gasteiger charge is 2.27. The molecule has 0 heterocycles. The summed E-state index contributed by atoms with van der Waals surface area (Å²) in [5.74, 6) is -0.554. The maximum atomic E-state index is 13.6. The molecule has 0 radical (unpaired) electrons. The Morgan fingerprint density at radius 2 is 0.800 bits per heavy atom. The fourth-order valence-corrected chi connectivity index (χ4v) is 10.1. The van der Waals surface area contributed by atoms with E-state index in [1.807, 2.05) is 33.3 Å². The van der Waals surface area contributed by atoms with Crippen LogP contribution >= 0.6 is 7.82 Å². The summed E-state index contributed by atoms with van der Waals surface area (Å²) < 4.78 is 30.4. The zero-order valence-corrected chi connectivity index (χ0v) is 53.9. The Hall–Kier alpha value is -2.81. The standard InChI is InChI=1S/C70H127N2O7P/c1-7-10-13-16-19-22-25-28-30-32-33-34-35-36-37-38-39-40-42-45-48-51-54-57-60-63-70(74)79-68(61-58-55-52-49-46-43-27-24-21-18-15-12-9-3)67(66-78-80(75,76)77-65-64-72(4,5)6)71-69(73)62-59-56-53-50-47-44-41-31-29-26-23-20-17-14-11-8-2/h10,13,19,22,28,30-31,33-34,36-37,41,58,61,67-68H,7-9,11-12,14-18,20-21,23-27,29,32,35,38-40,42-57,59-60,62-66H2,1-6H3,(H-,71,73,75,76)/b13-10-,22-19-,30-28-,34-33-,37-36-,41-31+,61-58-. The van der Waals surface area contributed by atoms with Crippen LogP contribution < -0.4 is 10.2 Å². The molecule has 80 heavy (non-hydrogen) atoms. The van der Waals surface area contributed by atoms with E-state index in [-0.39, 0.29) is 24.9 Å². The second-order valence-corrected chi connectivity index (χ2v) is 25.0. The minimum Gasteiger partial charge on any atom is -0.756 e. The van der Waals surface area contributed by atoms with Crippen molar-refractivity contribution in [2.75, 3.05) is 40.9 Å². The number of nitrogens with one attached hydrogen (secondary N) is 1. The molecule has 464 valence electrons. The van der Waals surface area contributed by atoms with Crippen LogP contribution in [0.25, 0.3) is 0 Å². The normalized spacial score (nSPS) is 14.1. The topological polar surface area (TPSA) is 114 Å². The molecule has 0 aliphatic rings. The molecular weight excluding hydrogens is 1010 g/mol. The quantitative estimate of drug-likeness (QED) is 0.0212. The van der Waals surface area contributed by atoms with Crippen molar-refractivity contribution in [3.8, 4) is 0 Å². The van der Waals surface area contributed by atoms with Gasteiger partial charge in [-0.2, -0.15) is 0 Å². The third kappa shape index (κ3) is 59.8. The van der Waals surface area contributed by atoms with Crippen molar-refractivity contribution in [1.29, 1.82) is 0 Å². The molecule has 9 nitrogen and oxygen atoms in total. The van der Waals surface area contributed by atoms with Crippen LogP contribution in [-0.4, -0.2) is 69.4 Å². The number of allylic oxidation sites excluding steroid dienone is 13. The molecule has 0 spiro atoms. The van der Waals surface area contributed by atoms with Gasteiger partial charge in [-0.3, -0.25) is 14.2 Å². The van der Waals surface area contributed by atoms with Crippen LogP contribution in [0.1, 0.15) is 297 Å². The molecule has 10 heteroatoms. The second kappa shape index (κ2) is 59.4. The largest absolute Gasteiger partial charge is 0.756 e. The van der Waals surface area contributed by atoms with Gasteiger partial charge in [0, 0.05) is 12.8 Å². The second-order valence-electron chi connectivity index (χ2n) is 23.6. The van der Waals surface area contributed by atoms with E-state index in [2.05, 4.69) is 99.0 Å². The number of phosphoric ester groups is 1. The van der Waals surface area contributed by atoms with Gasteiger partial charge in [0.1, 0.15) is 19.3 Å². The minimum absolute atomic E-state index is 0.0272. The highest BCUT2D eigenvalue weighted by Crippen LogP contribution is 2.38. The Labute approximate surface area is 495 Å². The molecule has 3 unspecified atom stereocenters. The average Bonchev–Trinajstić information content (AvgIpc) is 3.42. The van der Waals surface area contributed by atoms with E-state index in [4.69, 9.17) is 13.8 Å². The number of likely N-dealkylation sites (N-methyl/N-ethyl adjacent to an activating group) is 1. The zero-order valence-electron chi connectivity index (χ0n) is 53.0. The van der Waals surface area contributed by atoms with Crippen LogP contribution in [0, 0.1) is 0 Å². The first kappa shape index (κ1) is 77.2. The molecule has 0 saturated carbocycles. The van der Waals surface area contributed by atoms with E-state index >= 15 is 0 Å². The van der Waals surface area contributed by atoms with Crippen molar-refractivity contribution in [3.63, 3.8) is 0 Å². The lowest BCUT2D eigenvalue weighted by Gasteiger charge is -2.30. The number of quaternary nitrogens is 1. The van der Waals surface area contributed by atoms with Gasteiger partial charge in [-0.1, -0.05) is 267 Å². The SMILES string of the molecule is CC/C=C\C/C=C\C/C=C\C/C=C\C/C=C\CCCCCCCCCCCC(=O)OC(/C=C\CCCCCCCCCCCCC)C(COP(=O)([O-])OCC[N+](C)(C)C)NC(=O)CCCCCCC/C=C/CCCCCCCCC. The lowest BCUT2D eigenvalue weighted by molar-refractivity contribution is -0.870. The number of carbonyl (C=O) groups excluding carboxylic acids is 2. The molecule has 0 aromatic carbocycles. The average molecular weight is 1140 g/mol. The third-order valence-electron chi connectivity index (χ3n) is 14.6. The fourth-order valence-electron chi connectivity index (χ4n) is 9.43. The number of phosphoric acid groups is 1. The summed E-state index contributed by atoms with van der Waals surface area (Å²) in [6.45, 7) is 6.74. The molecule has 0 aromatic rings. The Balaban J connectivity index is 5.18. The summed E-state index contributed by atoms with van der Waals surface area (Å²) in [5, 5.41) is 3.03. The van der Waals surface area contributed by atoms with Crippen LogP contribution in [0.15, 0.2) is 85.1 Å². The molecule has 1 N–H and O–H groups in total. The number of unbranched alkanes of at least 4 members (excludes halogenated alkanes) is 32. The maximum Gasteiger partial charge on any atom is 0.306 e. The van der Waals surface area contributed by atoms with Gasteiger partial charge < -0.3 is 28.5 Å². The van der Waals surface area contributed by atoms with Crippen LogP contribution in [-0.2, 0) is 27.9 Å². The molecule has 3 atom stereocenters. The predicted octanol–water partition coefficient (Wildman–Crippen LogP) is 20.3. The third-order valence-corrected chi connectivity index (χ3v) is 15.5. The van der Waals surface area contributed by atoms with E-state index in [1.54, 1.807) is 0 Å². The van der Waals surface area contributed by atoms with Crippen LogP contribution in [0.3, 0.4) is 0 Å². The van der Waals surface area contributed by atoms with Crippen LogP contribution in [0.2, 0.25) is 0 Å². The molecule has 0 saturated heterocycles. The number of hydrogen-bond acceptors (Lipinski definition) is 7.